The summed E-state index contributed by atoms with van der Waals surface area (Å²) in [5, 5.41) is 11.9. The van der Waals surface area contributed by atoms with Gasteiger partial charge < -0.3 is 15.1 Å². The maximum atomic E-state index is 13.8. The monoisotopic (exact) mass is 423 g/mol. The molecule has 1 aliphatic heterocycles. The lowest BCUT2D eigenvalue weighted by atomic mass is 10.1. The van der Waals surface area contributed by atoms with Gasteiger partial charge in [-0.2, -0.15) is 0 Å². The Morgan fingerprint density at radius 2 is 1.93 bits per heavy atom. The number of hydrogen-bond donors (Lipinski definition) is 1. The maximum absolute atomic E-state index is 13.8. The van der Waals surface area contributed by atoms with Crippen molar-refractivity contribution < 1.29 is 14.0 Å². The number of carbonyl (C=O) groups is 2. The lowest BCUT2D eigenvalue weighted by Crippen LogP contribution is -2.49. The average Bonchev–Trinajstić information content (AvgIpc) is 3.15. The van der Waals surface area contributed by atoms with Crippen molar-refractivity contribution in [1.82, 2.24) is 20.4 Å². The van der Waals surface area contributed by atoms with Crippen LogP contribution in [0.3, 0.4) is 0 Å². The number of nitrogens with one attached hydrogen (secondary N) is 1. The van der Waals surface area contributed by atoms with Crippen LogP contribution in [0.25, 0.3) is 0 Å². The molecular weight excluding hydrogens is 401 g/mol. The van der Waals surface area contributed by atoms with Gasteiger partial charge in [-0.25, -0.2) is 4.39 Å². The second-order valence-corrected chi connectivity index (χ2v) is 8.80. The molecule has 1 N–H and O–H groups in total. The van der Waals surface area contributed by atoms with Crippen molar-refractivity contribution in [2.24, 2.45) is 0 Å². The van der Waals surface area contributed by atoms with Crippen molar-refractivity contribution in [2.45, 2.75) is 24.2 Å². The van der Waals surface area contributed by atoms with Gasteiger partial charge in [0.05, 0.1) is 11.3 Å². The molecule has 0 radical (unpaired) electrons. The Labute approximate surface area is 171 Å². The van der Waals surface area contributed by atoms with E-state index in [4.69, 9.17) is 0 Å². The minimum absolute atomic E-state index is 0.0305. The molecule has 150 valence electrons. The summed E-state index contributed by atoms with van der Waals surface area (Å²) in [7, 11) is 0. The lowest BCUT2D eigenvalue weighted by Gasteiger charge is -2.34. The molecule has 2 aromatic rings. The Bertz CT molecular complexity index is 837. The van der Waals surface area contributed by atoms with E-state index in [-0.39, 0.29) is 23.4 Å². The van der Waals surface area contributed by atoms with E-state index in [1.807, 2.05) is 13.8 Å². The fourth-order valence-corrected chi connectivity index (χ4v) is 4.49. The van der Waals surface area contributed by atoms with Crippen molar-refractivity contribution >= 4 is 40.0 Å². The van der Waals surface area contributed by atoms with Gasteiger partial charge in [-0.15, -0.1) is 10.2 Å². The van der Waals surface area contributed by atoms with E-state index in [0.717, 1.165) is 9.47 Å². The van der Waals surface area contributed by atoms with E-state index < -0.39 is 5.82 Å². The van der Waals surface area contributed by atoms with Crippen LogP contribution in [0.1, 0.15) is 24.2 Å². The first-order valence-electron chi connectivity index (χ1n) is 8.98. The minimum Gasteiger partial charge on any atom is -0.353 e. The molecule has 1 aromatic heterocycles. The maximum Gasteiger partial charge on any atom is 0.256 e. The summed E-state index contributed by atoms with van der Waals surface area (Å²) in [6.45, 7) is 6.03. The third kappa shape index (κ3) is 5.20. The van der Waals surface area contributed by atoms with Gasteiger partial charge in [-0.3, -0.25) is 9.59 Å². The van der Waals surface area contributed by atoms with Crippen LogP contribution in [0.15, 0.2) is 28.6 Å². The van der Waals surface area contributed by atoms with E-state index in [0.29, 0.717) is 31.9 Å². The Morgan fingerprint density at radius 1 is 1.21 bits per heavy atom. The molecule has 1 saturated heterocycles. The Morgan fingerprint density at radius 3 is 2.61 bits per heavy atom. The largest absolute Gasteiger partial charge is 0.353 e. The lowest BCUT2D eigenvalue weighted by molar-refractivity contribution is -0.119. The highest BCUT2D eigenvalue weighted by atomic mass is 32.2. The average molecular weight is 424 g/mol. The molecule has 1 aromatic carbocycles. The van der Waals surface area contributed by atoms with Crippen LogP contribution in [0, 0.1) is 5.82 Å². The van der Waals surface area contributed by atoms with Gasteiger partial charge in [0.15, 0.2) is 4.34 Å². The van der Waals surface area contributed by atoms with Crippen LogP contribution < -0.4 is 10.2 Å². The summed E-state index contributed by atoms with van der Waals surface area (Å²) < 4.78 is 14.6. The zero-order chi connectivity index (χ0) is 20.1. The summed E-state index contributed by atoms with van der Waals surface area (Å²) in [5.74, 6) is -0.515. The number of thioether (sulfide) groups is 1. The molecule has 0 spiro atoms. The number of piperazine rings is 1. The molecule has 2 amide bonds. The number of hydrogen-bond acceptors (Lipinski definition) is 7. The third-order valence-electron chi connectivity index (χ3n) is 4.11. The van der Waals surface area contributed by atoms with E-state index >= 15 is 0 Å². The summed E-state index contributed by atoms with van der Waals surface area (Å²) in [5.41, 5.74) is 0.102. The Hall–Kier alpha value is -2.20. The summed E-state index contributed by atoms with van der Waals surface area (Å²) in [6.07, 6.45) is 0. The zero-order valence-electron chi connectivity index (χ0n) is 15.7. The first-order valence-corrected chi connectivity index (χ1v) is 10.8. The second kappa shape index (κ2) is 9.33. The first kappa shape index (κ1) is 20.5. The van der Waals surface area contributed by atoms with Gasteiger partial charge in [0.25, 0.3) is 5.91 Å². The van der Waals surface area contributed by atoms with E-state index in [1.165, 1.54) is 35.2 Å². The molecule has 3 rings (SSSR count). The number of anilines is 1. The highest BCUT2D eigenvalue weighted by Crippen LogP contribution is 2.28. The molecule has 0 saturated carbocycles. The highest BCUT2D eigenvalue weighted by Gasteiger charge is 2.25. The predicted molar refractivity (Wildman–Crippen MR) is 108 cm³/mol. The molecular formula is C18H22FN5O2S2. The number of nitrogens with zero attached hydrogens (tertiary/aromatic N) is 4. The molecule has 1 fully saturated rings. The third-order valence-corrected chi connectivity index (χ3v) is 6.23. The van der Waals surface area contributed by atoms with Gasteiger partial charge >= 0.3 is 0 Å². The van der Waals surface area contributed by atoms with Crippen molar-refractivity contribution in [3.63, 3.8) is 0 Å². The summed E-state index contributed by atoms with van der Waals surface area (Å²) in [6, 6.07) is 6.15. The first-order chi connectivity index (χ1) is 13.4. The number of benzene rings is 1. The van der Waals surface area contributed by atoms with Gasteiger partial charge in [-0.1, -0.05) is 35.2 Å². The fourth-order valence-electron chi connectivity index (χ4n) is 2.79. The standard InChI is InChI=1S/C18H22FN5O2S2/c1-12(2)20-15(25)11-27-18-22-21-17(28-18)24-9-7-23(8-10-24)16(26)13-5-3-4-6-14(13)19/h3-6,12H,7-11H2,1-2H3,(H,20,25). The molecule has 0 unspecified atom stereocenters. The molecule has 0 bridgehead atoms. The normalized spacial score (nSPS) is 14.4. The second-order valence-electron chi connectivity index (χ2n) is 6.62. The molecule has 1 aliphatic rings. The SMILES string of the molecule is CC(C)NC(=O)CSc1nnc(N2CCN(C(=O)c3ccccc3F)CC2)s1. The van der Waals surface area contributed by atoms with E-state index in [9.17, 15) is 14.0 Å². The highest BCUT2D eigenvalue weighted by molar-refractivity contribution is 8.01. The predicted octanol–water partition coefficient (Wildman–Crippen LogP) is 2.26. The van der Waals surface area contributed by atoms with Crippen LogP contribution in [0.5, 0.6) is 0 Å². The molecule has 2 heterocycles. The molecule has 7 nitrogen and oxygen atoms in total. The van der Waals surface area contributed by atoms with Crippen LogP contribution in [-0.4, -0.2) is 64.9 Å². The number of halogens is 1. The minimum atomic E-state index is -0.498. The van der Waals surface area contributed by atoms with Crippen LogP contribution in [-0.2, 0) is 4.79 Å². The smallest absolute Gasteiger partial charge is 0.256 e. The van der Waals surface area contributed by atoms with E-state index in [2.05, 4.69) is 20.4 Å². The number of amides is 2. The van der Waals surface area contributed by atoms with Gasteiger partial charge in [0.1, 0.15) is 5.82 Å². The topological polar surface area (TPSA) is 78.4 Å². The fraction of sp³-hybridized carbons (Fsp3) is 0.444. The molecule has 28 heavy (non-hydrogen) atoms. The van der Waals surface area contributed by atoms with E-state index in [1.54, 1.807) is 17.0 Å². The zero-order valence-corrected chi connectivity index (χ0v) is 17.4. The molecule has 0 aliphatic carbocycles. The number of aromatic nitrogens is 2. The van der Waals surface area contributed by atoms with Crippen molar-refractivity contribution in [3.8, 4) is 0 Å². The van der Waals surface area contributed by atoms with Crippen molar-refractivity contribution in [1.29, 1.82) is 0 Å². The van der Waals surface area contributed by atoms with Gasteiger partial charge in [0, 0.05) is 32.2 Å². The van der Waals surface area contributed by atoms with Gasteiger partial charge in [0.2, 0.25) is 11.0 Å². The number of carbonyl (C=O) groups excluding carboxylic acids is 2. The van der Waals surface area contributed by atoms with Crippen LogP contribution in [0.4, 0.5) is 9.52 Å². The van der Waals surface area contributed by atoms with Gasteiger partial charge in [-0.05, 0) is 26.0 Å². The van der Waals surface area contributed by atoms with Crippen molar-refractivity contribution in [2.75, 3.05) is 36.8 Å². The summed E-state index contributed by atoms with van der Waals surface area (Å²) in [4.78, 5) is 27.9. The van der Waals surface area contributed by atoms with Crippen LogP contribution >= 0.6 is 23.1 Å². The van der Waals surface area contributed by atoms with Crippen LogP contribution in [0.2, 0.25) is 0 Å². The Kier molecular flexibility index (Phi) is 6.84. The quantitative estimate of drug-likeness (QED) is 0.718. The number of rotatable bonds is 6. The van der Waals surface area contributed by atoms with Crippen molar-refractivity contribution in [3.05, 3.63) is 35.6 Å². The molecule has 0 atom stereocenters. The Balaban J connectivity index is 1.51. The molecule has 10 heteroatoms. The summed E-state index contributed by atoms with van der Waals surface area (Å²) >= 11 is 2.79.